The fraction of sp³-hybridized carbons (Fsp3) is 0.500. The monoisotopic (exact) mass is 466 g/mol. The summed E-state index contributed by atoms with van der Waals surface area (Å²) in [5.41, 5.74) is 5.20. The zero-order valence-corrected chi connectivity index (χ0v) is 21.7. The minimum Gasteiger partial charge on any atom is -0.324 e. The lowest BCUT2D eigenvalue weighted by atomic mass is 10.0. The highest BCUT2D eigenvalue weighted by molar-refractivity contribution is 5.96. The molecule has 186 valence electrons. The Kier molecular flexibility index (Phi) is 11.2. The highest BCUT2D eigenvalue weighted by Crippen LogP contribution is 2.22. The molecule has 34 heavy (non-hydrogen) atoms. The lowest BCUT2D eigenvalue weighted by Gasteiger charge is -2.31. The van der Waals surface area contributed by atoms with Crippen molar-refractivity contribution in [1.29, 1.82) is 0 Å². The summed E-state index contributed by atoms with van der Waals surface area (Å²) in [6.07, 6.45) is 4.34. The number of nitrogens with one attached hydrogen (secondary N) is 3. The molecule has 6 nitrogen and oxygen atoms in total. The van der Waals surface area contributed by atoms with Crippen molar-refractivity contribution in [3.63, 3.8) is 0 Å². The molecule has 1 aliphatic rings. The summed E-state index contributed by atoms with van der Waals surface area (Å²) in [7, 11) is 2.04. The van der Waals surface area contributed by atoms with Gasteiger partial charge in [-0.1, -0.05) is 49.7 Å². The molecule has 2 atom stereocenters. The molecule has 2 amide bonds. The SMILES string of the molecule is CCCNC(C)C(=O)Nc1ccccc1C.Cc1cccc(C)c1NC(=O)C1CCCCN1C. The minimum atomic E-state index is -0.153. The Morgan fingerprint density at radius 3 is 2.24 bits per heavy atom. The van der Waals surface area contributed by atoms with Gasteiger partial charge in [0, 0.05) is 11.4 Å². The molecule has 3 N–H and O–H groups in total. The van der Waals surface area contributed by atoms with Gasteiger partial charge in [-0.3, -0.25) is 14.5 Å². The molecule has 6 heteroatoms. The summed E-state index contributed by atoms with van der Waals surface area (Å²) >= 11 is 0. The molecule has 2 unspecified atom stereocenters. The van der Waals surface area contributed by atoms with Gasteiger partial charge in [0.25, 0.3) is 0 Å². The van der Waals surface area contributed by atoms with Crippen molar-refractivity contribution in [3.05, 3.63) is 59.2 Å². The first kappa shape index (κ1) is 27.5. The number of rotatable bonds is 7. The van der Waals surface area contributed by atoms with Gasteiger partial charge in [-0.2, -0.15) is 0 Å². The van der Waals surface area contributed by atoms with E-state index in [1.807, 2.05) is 77.2 Å². The van der Waals surface area contributed by atoms with E-state index in [2.05, 4.69) is 27.8 Å². The number of carbonyl (C=O) groups is 2. The van der Waals surface area contributed by atoms with Crippen molar-refractivity contribution in [2.24, 2.45) is 0 Å². The van der Waals surface area contributed by atoms with Crippen molar-refractivity contribution < 1.29 is 9.59 Å². The van der Waals surface area contributed by atoms with Crippen molar-refractivity contribution in [1.82, 2.24) is 10.2 Å². The van der Waals surface area contributed by atoms with Crippen LogP contribution >= 0.6 is 0 Å². The first-order valence-corrected chi connectivity index (χ1v) is 12.4. The van der Waals surface area contributed by atoms with E-state index in [1.165, 1.54) is 6.42 Å². The van der Waals surface area contributed by atoms with Crippen LogP contribution in [0.4, 0.5) is 11.4 Å². The Hall–Kier alpha value is -2.70. The largest absolute Gasteiger partial charge is 0.324 e. The number of hydrogen-bond donors (Lipinski definition) is 3. The third kappa shape index (κ3) is 8.26. The Morgan fingerprint density at radius 2 is 1.62 bits per heavy atom. The van der Waals surface area contributed by atoms with E-state index in [9.17, 15) is 9.59 Å². The second-order valence-electron chi connectivity index (χ2n) is 9.23. The van der Waals surface area contributed by atoms with Gasteiger partial charge in [-0.15, -0.1) is 0 Å². The fourth-order valence-corrected chi connectivity index (χ4v) is 4.03. The van der Waals surface area contributed by atoms with Crippen LogP contribution in [0.5, 0.6) is 0 Å². The second kappa shape index (κ2) is 13.9. The van der Waals surface area contributed by atoms with Crippen molar-refractivity contribution in [3.8, 4) is 0 Å². The van der Waals surface area contributed by atoms with Crippen LogP contribution in [0.2, 0.25) is 0 Å². The number of likely N-dealkylation sites (N-methyl/N-ethyl adjacent to an activating group) is 1. The number of piperidine rings is 1. The summed E-state index contributed by atoms with van der Waals surface area (Å²) in [6, 6.07) is 13.8. The summed E-state index contributed by atoms with van der Waals surface area (Å²) in [4.78, 5) is 26.3. The first-order valence-electron chi connectivity index (χ1n) is 12.4. The van der Waals surface area contributed by atoms with Crippen LogP contribution in [-0.2, 0) is 9.59 Å². The number of benzene rings is 2. The molecule has 0 radical (unpaired) electrons. The Morgan fingerprint density at radius 1 is 0.971 bits per heavy atom. The Bertz CT molecular complexity index is 924. The van der Waals surface area contributed by atoms with E-state index in [0.29, 0.717) is 0 Å². The molecule has 1 aliphatic heterocycles. The van der Waals surface area contributed by atoms with Crippen LogP contribution in [0, 0.1) is 20.8 Å². The third-order valence-corrected chi connectivity index (χ3v) is 6.30. The van der Waals surface area contributed by atoms with Crippen LogP contribution in [0.3, 0.4) is 0 Å². The minimum absolute atomic E-state index is 0.0164. The maximum atomic E-state index is 12.3. The van der Waals surface area contributed by atoms with Gasteiger partial charge in [0.1, 0.15) is 0 Å². The van der Waals surface area contributed by atoms with E-state index in [0.717, 1.165) is 60.4 Å². The zero-order valence-electron chi connectivity index (χ0n) is 21.7. The van der Waals surface area contributed by atoms with E-state index in [1.54, 1.807) is 0 Å². The predicted molar refractivity (Wildman–Crippen MR) is 142 cm³/mol. The number of amides is 2. The van der Waals surface area contributed by atoms with Gasteiger partial charge in [0.2, 0.25) is 11.8 Å². The van der Waals surface area contributed by atoms with E-state index in [4.69, 9.17) is 0 Å². The van der Waals surface area contributed by atoms with Crippen molar-refractivity contribution >= 4 is 23.2 Å². The highest BCUT2D eigenvalue weighted by atomic mass is 16.2. The zero-order chi connectivity index (χ0) is 25.1. The number of likely N-dealkylation sites (tertiary alicyclic amines) is 1. The van der Waals surface area contributed by atoms with E-state index >= 15 is 0 Å². The number of aryl methyl sites for hydroxylation is 3. The summed E-state index contributed by atoms with van der Waals surface area (Å²) in [6.45, 7) is 11.9. The third-order valence-electron chi connectivity index (χ3n) is 6.30. The highest BCUT2D eigenvalue weighted by Gasteiger charge is 2.26. The summed E-state index contributed by atoms with van der Waals surface area (Å²) in [5.74, 6) is 0.150. The van der Waals surface area contributed by atoms with Gasteiger partial charge in [-0.25, -0.2) is 0 Å². The van der Waals surface area contributed by atoms with Crippen LogP contribution in [0.15, 0.2) is 42.5 Å². The lowest BCUT2D eigenvalue weighted by Crippen LogP contribution is -2.44. The molecule has 1 heterocycles. The van der Waals surface area contributed by atoms with Gasteiger partial charge in [0.05, 0.1) is 12.1 Å². The molecule has 2 aromatic rings. The van der Waals surface area contributed by atoms with Crippen molar-refractivity contribution in [2.45, 2.75) is 72.4 Å². The van der Waals surface area contributed by atoms with Crippen molar-refractivity contribution in [2.75, 3.05) is 30.8 Å². The topological polar surface area (TPSA) is 73.5 Å². The molecule has 0 bridgehead atoms. The molecule has 2 aromatic carbocycles. The average Bonchev–Trinajstić information content (AvgIpc) is 2.82. The molecule has 0 spiro atoms. The maximum absolute atomic E-state index is 12.3. The standard InChI is InChI=1S/C15H22N2O.C13H20N2O/c1-11-7-6-8-12(2)14(11)16-15(18)13-9-4-5-10-17(13)3;1-4-9-14-11(3)13(16)15-12-8-6-5-7-10(12)2/h6-8,13H,4-5,9-10H2,1-3H3,(H,16,18);5-8,11,14H,4,9H2,1-3H3,(H,15,16). The lowest BCUT2D eigenvalue weighted by molar-refractivity contribution is -0.122. The van der Waals surface area contributed by atoms with Crippen LogP contribution < -0.4 is 16.0 Å². The summed E-state index contributed by atoms with van der Waals surface area (Å²) in [5, 5.41) is 9.18. The molecule has 3 rings (SSSR count). The Labute approximate surface area is 205 Å². The number of carbonyl (C=O) groups excluding carboxylic acids is 2. The summed E-state index contributed by atoms with van der Waals surface area (Å²) < 4.78 is 0. The van der Waals surface area contributed by atoms with Crippen LogP contribution in [0.25, 0.3) is 0 Å². The number of nitrogens with zero attached hydrogens (tertiary/aromatic N) is 1. The molecule has 1 fully saturated rings. The number of para-hydroxylation sites is 2. The molecule has 0 aliphatic carbocycles. The Balaban J connectivity index is 0.000000242. The van der Waals surface area contributed by atoms with E-state index in [-0.39, 0.29) is 23.9 Å². The second-order valence-corrected chi connectivity index (χ2v) is 9.23. The molecular weight excluding hydrogens is 424 g/mol. The predicted octanol–water partition coefficient (Wildman–Crippen LogP) is 5.05. The number of anilines is 2. The first-order chi connectivity index (χ1) is 16.2. The molecule has 0 saturated carbocycles. The molecular formula is C28H42N4O2. The van der Waals surface area contributed by atoms with Gasteiger partial charge in [0.15, 0.2) is 0 Å². The van der Waals surface area contributed by atoms with Gasteiger partial charge < -0.3 is 16.0 Å². The molecule has 1 saturated heterocycles. The van der Waals surface area contributed by atoms with Gasteiger partial charge in [-0.05, 0) is 89.9 Å². The normalized spacial score (nSPS) is 16.7. The van der Waals surface area contributed by atoms with E-state index < -0.39 is 0 Å². The average molecular weight is 467 g/mol. The fourth-order valence-electron chi connectivity index (χ4n) is 4.03. The van der Waals surface area contributed by atoms with Gasteiger partial charge >= 0.3 is 0 Å². The smallest absolute Gasteiger partial charge is 0.241 e. The quantitative estimate of drug-likeness (QED) is 0.534. The van der Waals surface area contributed by atoms with Crippen LogP contribution in [0.1, 0.15) is 56.2 Å². The number of hydrogen-bond acceptors (Lipinski definition) is 4. The molecule has 0 aromatic heterocycles. The maximum Gasteiger partial charge on any atom is 0.241 e. The van der Waals surface area contributed by atoms with Crippen LogP contribution in [-0.4, -0.2) is 48.9 Å².